The summed E-state index contributed by atoms with van der Waals surface area (Å²) in [5.41, 5.74) is 0. The van der Waals surface area contributed by atoms with Crippen molar-refractivity contribution in [1.82, 2.24) is 24.1 Å². The van der Waals surface area contributed by atoms with E-state index in [2.05, 4.69) is 20.1 Å². The Kier molecular flexibility index (Phi) is 4.47. The first kappa shape index (κ1) is 17.1. The van der Waals surface area contributed by atoms with Crippen LogP contribution in [0, 0.1) is 6.92 Å². The summed E-state index contributed by atoms with van der Waals surface area (Å²) in [6.45, 7) is 3.95. The Bertz CT molecular complexity index is 974. The maximum Gasteiger partial charge on any atom is 0.252 e. The molecule has 10 heteroatoms. The van der Waals surface area contributed by atoms with Gasteiger partial charge in [-0.15, -0.1) is 21.5 Å². The number of aryl methyl sites for hydroxylation is 1. The van der Waals surface area contributed by atoms with Crippen LogP contribution in [0.1, 0.15) is 4.88 Å². The highest BCUT2D eigenvalue weighted by Gasteiger charge is 2.30. The van der Waals surface area contributed by atoms with Crippen molar-refractivity contribution < 1.29 is 8.42 Å². The zero-order chi connectivity index (χ0) is 18.1. The Labute approximate surface area is 155 Å². The molecule has 4 rings (SSSR count). The van der Waals surface area contributed by atoms with E-state index in [9.17, 15) is 8.42 Å². The smallest absolute Gasteiger partial charge is 0.252 e. The Morgan fingerprint density at radius 1 is 1.00 bits per heavy atom. The third-order valence-electron chi connectivity index (χ3n) is 4.28. The molecule has 0 unspecified atom stereocenters. The summed E-state index contributed by atoms with van der Waals surface area (Å²) in [7, 11) is -3.40. The third-order valence-corrected chi connectivity index (χ3v) is 7.64. The molecule has 0 spiro atoms. The van der Waals surface area contributed by atoms with Crippen molar-refractivity contribution in [3.63, 3.8) is 0 Å². The fourth-order valence-electron chi connectivity index (χ4n) is 2.85. The molecule has 0 bridgehead atoms. The highest BCUT2D eigenvalue weighted by atomic mass is 32.2. The first-order valence-corrected chi connectivity index (χ1v) is 10.4. The summed E-state index contributed by atoms with van der Waals surface area (Å²) in [6, 6.07) is 7.30. The topological polar surface area (TPSA) is 84.2 Å². The van der Waals surface area contributed by atoms with E-state index < -0.39 is 10.0 Å². The van der Waals surface area contributed by atoms with Gasteiger partial charge >= 0.3 is 0 Å². The zero-order valence-corrected chi connectivity index (χ0v) is 15.8. The van der Waals surface area contributed by atoms with E-state index in [-0.39, 0.29) is 0 Å². The SMILES string of the molecule is Cc1ccc(S(=O)(=O)N2CCN(c3ccc(-n4ccnc4)nn3)CC2)s1. The van der Waals surface area contributed by atoms with Crippen LogP contribution < -0.4 is 4.90 Å². The molecule has 1 aliphatic heterocycles. The van der Waals surface area contributed by atoms with Crippen molar-refractivity contribution >= 4 is 27.2 Å². The normalized spacial score (nSPS) is 16.1. The number of hydrogen-bond acceptors (Lipinski definition) is 7. The predicted octanol–water partition coefficient (Wildman–Crippen LogP) is 1.54. The van der Waals surface area contributed by atoms with Crippen molar-refractivity contribution in [3.05, 3.63) is 47.9 Å². The third kappa shape index (κ3) is 3.22. The van der Waals surface area contributed by atoms with Gasteiger partial charge in [0.25, 0.3) is 10.0 Å². The summed E-state index contributed by atoms with van der Waals surface area (Å²) < 4.78 is 29.1. The minimum absolute atomic E-state index is 0.410. The molecule has 0 aliphatic carbocycles. The monoisotopic (exact) mass is 390 g/mol. The average molecular weight is 390 g/mol. The van der Waals surface area contributed by atoms with Crippen LogP contribution in [-0.4, -0.2) is 58.7 Å². The van der Waals surface area contributed by atoms with Crippen LogP contribution in [0.5, 0.6) is 0 Å². The summed E-state index contributed by atoms with van der Waals surface area (Å²) in [6.07, 6.45) is 5.16. The van der Waals surface area contributed by atoms with Gasteiger partial charge in [-0.25, -0.2) is 13.4 Å². The van der Waals surface area contributed by atoms with Gasteiger partial charge in [0.15, 0.2) is 11.6 Å². The highest BCUT2D eigenvalue weighted by Crippen LogP contribution is 2.25. The summed E-state index contributed by atoms with van der Waals surface area (Å²) in [5, 5.41) is 8.48. The molecule has 1 aliphatic rings. The quantitative estimate of drug-likeness (QED) is 0.672. The van der Waals surface area contributed by atoms with Crippen molar-refractivity contribution in [2.45, 2.75) is 11.1 Å². The molecular formula is C16H18N6O2S2. The Balaban J connectivity index is 1.43. The largest absolute Gasteiger partial charge is 0.352 e. The highest BCUT2D eigenvalue weighted by molar-refractivity contribution is 7.91. The number of imidazole rings is 1. The van der Waals surface area contributed by atoms with E-state index in [0.717, 1.165) is 10.7 Å². The molecule has 4 heterocycles. The molecule has 1 fully saturated rings. The maximum atomic E-state index is 12.7. The van der Waals surface area contributed by atoms with Crippen LogP contribution in [0.25, 0.3) is 5.82 Å². The molecule has 0 atom stereocenters. The lowest BCUT2D eigenvalue weighted by Gasteiger charge is -2.34. The predicted molar refractivity (Wildman–Crippen MR) is 99.2 cm³/mol. The van der Waals surface area contributed by atoms with Crippen molar-refractivity contribution in [2.24, 2.45) is 0 Å². The lowest BCUT2D eigenvalue weighted by atomic mass is 10.3. The van der Waals surface area contributed by atoms with Gasteiger partial charge < -0.3 is 4.90 Å². The van der Waals surface area contributed by atoms with Crippen LogP contribution >= 0.6 is 11.3 Å². The van der Waals surface area contributed by atoms with E-state index in [1.54, 1.807) is 33.7 Å². The molecule has 0 aromatic carbocycles. The number of sulfonamides is 1. The van der Waals surface area contributed by atoms with Crippen molar-refractivity contribution in [3.8, 4) is 5.82 Å². The van der Waals surface area contributed by atoms with Crippen LogP contribution in [0.3, 0.4) is 0 Å². The van der Waals surface area contributed by atoms with Gasteiger partial charge in [-0.2, -0.15) is 4.31 Å². The van der Waals surface area contributed by atoms with Gasteiger partial charge in [0, 0.05) is 43.4 Å². The molecule has 0 saturated carbocycles. The summed E-state index contributed by atoms with van der Waals surface area (Å²) in [4.78, 5) is 7.04. The van der Waals surface area contributed by atoms with Crippen molar-refractivity contribution in [1.29, 1.82) is 0 Å². The molecule has 0 N–H and O–H groups in total. The maximum absolute atomic E-state index is 12.7. The second kappa shape index (κ2) is 6.78. The molecular weight excluding hydrogens is 372 g/mol. The number of hydrogen-bond donors (Lipinski definition) is 0. The lowest BCUT2D eigenvalue weighted by molar-refractivity contribution is 0.384. The molecule has 3 aromatic heterocycles. The standard InChI is InChI=1S/C16H18N6O2S2/c1-13-2-5-16(25-13)26(23,24)22-10-8-20(9-11-22)14-3-4-15(19-18-14)21-7-6-17-12-21/h2-7,12H,8-11H2,1H3. The van der Waals surface area contributed by atoms with Gasteiger partial charge in [-0.1, -0.05) is 0 Å². The molecule has 1 saturated heterocycles. The molecule has 26 heavy (non-hydrogen) atoms. The fraction of sp³-hybridized carbons (Fsp3) is 0.312. The molecule has 3 aromatic rings. The van der Waals surface area contributed by atoms with Gasteiger partial charge in [0.05, 0.1) is 0 Å². The average Bonchev–Trinajstić information content (AvgIpc) is 3.34. The summed E-state index contributed by atoms with van der Waals surface area (Å²) in [5.74, 6) is 1.44. The second-order valence-electron chi connectivity index (χ2n) is 5.98. The minimum Gasteiger partial charge on any atom is -0.352 e. The van der Waals surface area contributed by atoms with E-state index >= 15 is 0 Å². The number of thiophene rings is 1. The van der Waals surface area contributed by atoms with E-state index in [0.29, 0.717) is 36.2 Å². The Hall–Kier alpha value is -2.30. The van der Waals surface area contributed by atoms with Gasteiger partial charge in [0.1, 0.15) is 10.5 Å². The molecule has 136 valence electrons. The van der Waals surface area contributed by atoms with Gasteiger partial charge in [-0.3, -0.25) is 4.57 Å². The number of nitrogens with zero attached hydrogens (tertiary/aromatic N) is 6. The van der Waals surface area contributed by atoms with Crippen LogP contribution in [0.2, 0.25) is 0 Å². The minimum atomic E-state index is -3.40. The van der Waals surface area contributed by atoms with E-state index in [4.69, 9.17) is 0 Å². The van der Waals surface area contributed by atoms with E-state index in [1.165, 1.54) is 11.3 Å². The summed E-state index contributed by atoms with van der Waals surface area (Å²) >= 11 is 1.31. The van der Waals surface area contributed by atoms with Gasteiger partial charge in [0.2, 0.25) is 0 Å². The first-order valence-electron chi connectivity index (χ1n) is 8.18. The molecule has 0 amide bonds. The second-order valence-corrected chi connectivity index (χ2v) is 9.43. The number of rotatable bonds is 4. The van der Waals surface area contributed by atoms with Crippen LogP contribution in [0.15, 0.2) is 47.2 Å². The van der Waals surface area contributed by atoms with Crippen LogP contribution in [0.4, 0.5) is 5.82 Å². The Morgan fingerprint density at radius 3 is 2.31 bits per heavy atom. The fourth-order valence-corrected chi connectivity index (χ4v) is 5.71. The first-order chi connectivity index (χ1) is 12.5. The number of aromatic nitrogens is 4. The number of anilines is 1. The molecule has 0 radical (unpaired) electrons. The van der Waals surface area contributed by atoms with Gasteiger partial charge in [-0.05, 0) is 31.2 Å². The Morgan fingerprint density at radius 2 is 1.73 bits per heavy atom. The zero-order valence-electron chi connectivity index (χ0n) is 14.2. The number of piperazine rings is 1. The van der Waals surface area contributed by atoms with E-state index in [1.807, 2.05) is 25.1 Å². The molecule has 8 nitrogen and oxygen atoms in total. The van der Waals surface area contributed by atoms with Crippen molar-refractivity contribution in [2.75, 3.05) is 31.1 Å². The lowest BCUT2D eigenvalue weighted by Crippen LogP contribution is -2.48. The van der Waals surface area contributed by atoms with Crippen LogP contribution in [-0.2, 0) is 10.0 Å².